The van der Waals surface area contributed by atoms with Gasteiger partial charge in [0, 0.05) is 17.4 Å². The number of hydrogen-bond donors (Lipinski definition) is 1. The molecule has 0 saturated carbocycles. The number of rotatable bonds is 4. The summed E-state index contributed by atoms with van der Waals surface area (Å²) in [5.74, 6) is -0.616. The van der Waals surface area contributed by atoms with Crippen LogP contribution in [0.1, 0.15) is 6.92 Å². The molecular weight excluding hydrogens is 256 g/mol. The molecule has 5 nitrogen and oxygen atoms in total. The first-order chi connectivity index (χ1) is 8.58. The van der Waals surface area contributed by atoms with Gasteiger partial charge in [-0.1, -0.05) is 11.6 Å². The van der Waals surface area contributed by atoms with Crippen LogP contribution in [0.25, 0.3) is 5.69 Å². The van der Waals surface area contributed by atoms with Crippen molar-refractivity contribution in [3.8, 4) is 11.4 Å². The van der Waals surface area contributed by atoms with Crippen LogP contribution in [0.5, 0.6) is 5.75 Å². The van der Waals surface area contributed by atoms with Gasteiger partial charge in [0.2, 0.25) is 0 Å². The van der Waals surface area contributed by atoms with Gasteiger partial charge in [-0.2, -0.15) is 5.10 Å². The third kappa shape index (κ3) is 2.62. The zero-order valence-corrected chi connectivity index (χ0v) is 10.3. The van der Waals surface area contributed by atoms with Crippen molar-refractivity contribution in [1.82, 2.24) is 9.78 Å². The molecule has 18 heavy (non-hydrogen) atoms. The number of benzene rings is 1. The molecule has 1 atom stereocenters. The second kappa shape index (κ2) is 5.10. The molecule has 0 spiro atoms. The lowest BCUT2D eigenvalue weighted by molar-refractivity contribution is -0.144. The molecule has 0 aliphatic heterocycles. The largest absolute Gasteiger partial charge is 0.479 e. The Morgan fingerprint density at radius 2 is 2.33 bits per heavy atom. The second-order valence-electron chi connectivity index (χ2n) is 3.66. The average Bonchev–Trinajstić information content (AvgIpc) is 2.84. The molecule has 0 radical (unpaired) electrons. The normalized spacial score (nSPS) is 12.1. The van der Waals surface area contributed by atoms with Gasteiger partial charge >= 0.3 is 5.97 Å². The van der Waals surface area contributed by atoms with Gasteiger partial charge in [-0.05, 0) is 31.2 Å². The number of carboxylic acid groups (broad SMARTS) is 1. The summed E-state index contributed by atoms with van der Waals surface area (Å²) in [5.41, 5.74) is 0.598. The van der Waals surface area contributed by atoms with E-state index in [2.05, 4.69) is 5.10 Å². The molecule has 0 bridgehead atoms. The Balaban J connectivity index is 2.38. The quantitative estimate of drug-likeness (QED) is 0.923. The van der Waals surface area contributed by atoms with Crippen LogP contribution in [0.4, 0.5) is 0 Å². The van der Waals surface area contributed by atoms with E-state index in [-0.39, 0.29) is 0 Å². The second-order valence-corrected chi connectivity index (χ2v) is 4.10. The van der Waals surface area contributed by atoms with Crippen molar-refractivity contribution in [1.29, 1.82) is 0 Å². The first kappa shape index (κ1) is 12.4. The zero-order valence-electron chi connectivity index (χ0n) is 9.58. The Hall–Kier alpha value is -2.01. The number of aliphatic carboxylic acids is 1. The number of hydrogen-bond acceptors (Lipinski definition) is 3. The fourth-order valence-corrected chi connectivity index (χ4v) is 1.59. The number of aromatic nitrogens is 2. The van der Waals surface area contributed by atoms with Crippen molar-refractivity contribution >= 4 is 17.6 Å². The monoisotopic (exact) mass is 266 g/mol. The Morgan fingerprint density at radius 3 is 2.94 bits per heavy atom. The summed E-state index contributed by atoms with van der Waals surface area (Å²) < 4.78 is 6.93. The fourth-order valence-electron chi connectivity index (χ4n) is 1.42. The molecule has 0 aliphatic rings. The topological polar surface area (TPSA) is 64.4 Å². The average molecular weight is 267 g/mol. The Kier molecular flexibility index (Phi) is 3.53. The minimum absolute atomic E-state index is 0.415. The third-order valence-electron chi connectivity index (χ3n) is 2.32. The molecule has 1 N–H and O–H groups in total. The van der Waals surface area contributed by atoms with E-state index in [9.17, 15) is 4.79 Å². The maximum atomic E-state index is 10.8. The van der Waals surface area contributed by atoms with Crippen molar-refractivity contribution in [2.45, 2.75) is 13.0 Å². The summed E-state index contributed by atoms with van der Waals surface area (Å²) in [4.78, 5) is 10.8. The van der Waals surface area contributed by atoms with E-state index >= 15 is 0 Å². The number of carbonyl (C=O) groups is 1. The lowest BCUT2D eigenvalue weighted by atomic mass is 10.3. The predicted octanol–water partition coefficient (Wildman–Crippen LogP) is 2.38. The summed E-state index contributed by atoms with van der Waals surface area (Å²) in [6.07, 6.45) is 2.40. The summed E-state index contributed by atoms with van der Waals surface area (Å²) >= 11 is 5.92. The van der Waals surface area contributed by atoms with Gasteiger partial charge < -0.3 is 9.84 Å². The van der Waals surface area contributed by atoms with Crippen molar-refractivity contribution < 1.29 is 14.6 Å². The molecule has 0 saturated heterocycles. The summed E-state index contributed by atoms with van der Waals surface area (Å²) in [6.45, 7) is 1.46. The van der Waals surface area contributed by atoms with E-state index in [0.29, 0.717) is 16.5 Å². The highest BCUT2D eigenvalue weighted by Gasteiger charge is 2.16. The molecule has 1 unspecified atom stereocenters. The van der Waals surface area contributed by atoms with Gasteiger partial charge in [-0.15, -0.1) is 0 Å². The predicted molar refractivity (Wildman–Crippen MR) is 66.3 cm³/mol. The lowest BCUT2D eigenvalue weighted by Crippen LogP contribution is -2.23. The van der Waals surface area contributed by atoms with Crippen molar-refractivity contribution in [2.75, 3.05) is 0 Å². The van der Waals surface area contributed by atoms with Crippen LogP contribution >= 0.6 is 11.6 Å². The van der Waals surface area contributed by atoms with Crippen molar-refractivity contribution in [2.24, 2.45) is 0 Å². The van der Waals surface area contributed by atoms with Gasteiger partial charge in [0.1, 0.15) is 11.4 Å². The first-order valence-electron chi connectivity index (χ1n) is 5.27. The summed E-state index contributed by atoms with van der Waals surface area (Å²) in [7, 11) is 0. The molecule has 0 aliphatic carbocycles. The smallest absolute Gasteiger partial charge is 0.344 e. The third-order valence-corrected chi connectivity index (χ3v) is 2.56. The number of ether oxygens (including phenoxy) is 1. The van der Waals surface area contributed by atoms with Crippen molar-refractivity contribution in [3.05, 3.63) is 41.7 Å². The highest BCUT2D eigenvalue weighted by molar-refractivity contribution is 6.30. The molecule has 1 heterocycles. The molecule has 2 rings (SSSR count). The van der Waals surface area contributed by atoms with Crippen LogP contribution in [0.15, 0.2) is 36.7 Å². The van der Waals surface area contributed by atoms with Crippen LogP contribution in [-0.4, -0.2) is 27.0 Å². The molecule has 2 aromatic rings. The molecule has 0 amide bonds. The van der Waals surface area contributed by atoms with Gasteiger partial charge in [0.05, 0.1) is 0 Å². The minimum Gasteiger partial charge on any atom is -0.479 e. The van der Waals surface area contributed by atoms with E-state index in [1.807, 2.05) is 0 Å². The van der Waals surface area contributed by atoms with Crippen LogP contribution in [0.3, 0.4) is 0 Å². The van der Waals surface area contributed by atoms with Gasteiger partial charge in [-0.3, -0.25) is 0 Å². The SMILES string of the molecule is CC(Oc1ccc(Cl)cc1-n1cccn1)C(=O)O. The fraction of sp³-hybridized carbons (Fsp3) is 0.167. The number of halogens is 1. The Bertz CT molecular complexity index is 554. The first-order valence-corrected chi connectivity index (χ1v) is 5.65. The maximum absolute atomic E-state index is 10.8. The van der Waals surface area contributed by atoms with Crippen molar-refractivity contribution in [3.63, 3.8) is 0 Å². The standard InChI is InChI=1S/C12H11ClN2O3/c1-8(12(16)17)18-11-4-3-9(13)7-10(11)15-6-2-5-14-15/h2-8H,1H3,(H,16,17). The van der Waals surface area contributed by atoms with E-state index in [0.717, 1.165) is 0 Å². The Labute approximate surface area is 109 Å². The highest BCUT2D eigenvalue weighted by atomic mass is 35.5. The molecule has 94 valence electrons. The van der Waals surface area contributed by atoms with E-state index < -0.39 is 12.1 Å². The number of carboxylic acids is 1. The van der Waals surface area contributed by atoms with E-state index in [4.69, 9.17) is 21.4 Å². The molecule has 1 aromatic carbocycles. The summed E-state index contributed by atoms with van der Waals surface area (Å²) in [5, 5.41) is 13.4. The van der Waals surface area contributed by atoms with Crippen LogP contribution in [-0.2, 0) is 4.79 Å². The molecule has 0 fully saturated rings. The lowest BCUT2D eigenvalue weighted by Gasteiger charge is -2.14. The van der Waals surface area contributed by atoms with Crippen LogP contribution < -0.4 is 4.74 Å². The van der Waals surface area contributed by atoms with Crippen LogP contribution in [0, 0.1) is 0 Å². The molecule has 6 heteroatoms. The van der Waals surface area contributed by atoms with E-state index in [1.54, 1.807) is 41.3 Å². The maximum Gasteiger partial charge on any atom is 0.344 e. The van der Waals surface area contributed by atoms with Crippen LogP contribution in [0.2, 0.25) is 5.02 Å². The summed E-state index contributed by atoms with van der Waals surface area (Å²) in [6, 6.07) is 6.68. The molecular formula is C12H11ClN2O3. The highest BCUT2D eigenvalue weighted by Crippen LogP contribution is 2.26. The zero-order chi connectivity index (χ0) is 13.1. The van der Waals surface area contributed by atoms with Gasteiger partial charge in [0.25, 0.3) is 0 Å². The number of nitrogens with zero attached hydrogens (tertiary/aromatic N) is 2. The molecule has 1 aromatic heterocycles. The Morgan fingerprint density at radius 1 is 1.56 bits per heavy atom. The minimum atomic E-state index is -1.03. The van der Waals surface area contributed by atoms with Gasteiger partial charge in [-0.25, -0.2) is 9.48 Å². The van der Waals surface area contributed by atoms with E-state index in [1.165, 1.54) is 6.92 Å². The van der Waals surface area contributed by atoms with Gasteiger partial charge in [0.15, 0.2) is 6.10 Å².